The standard InChI is InChI=1S/C15H15FN2O2/c1-9-7-10(8-11(14(9)17)15(19)20-2)18-13-6-4-3-5-12(13)16/h3-8,18H,17H2,1-2H3. The third kappa shape index (κ3) is 2.71. The van der Waals surface area contributed by atoms with Crippen molar-refractivity contribution in [1.82, 2.24) is 0 Å². The van der Waals surface area contributed by atoms with E-state index in [-0.39, 0.29) is 11.4 Å². The molecule has 0 bridgehead atoms. The van der Waals surface area contributed by atoms with Crippen LogP contribution in [0.1, 0.15) is 15.9 Å². The smallest absolute Gasteiger partial charge is 0.340 e. The van der Waals surface area contributed by atoms with E-state index in [1.54, 1.807) is 37.3 Å². The molecule has 5 heteroatoms. The third-order valence-electron chi connectivity index (χ3n) is 2.95. The summed E-state index contributed by atoms with van der Waals surface area (Å²) in [6.07, 6.45) is 0. The lowest BCUT2D eigenvalue weighted by Crippen LogP contribution is -2.08. The van der Waals surface area contributed by atoms with Crippen molar-refractivity contribution in [2.24, 2.45) is 0 Å². The maximum atomic E-state index is 13.6. The number of benzene rings is 2. The molecule has 0 heterocycles. The Morgan fingerprint density at radius 1 is 1.30 bits per heavy atom. The molecule has 0 spiro atoms. The molecule has 0 aliphatic carbocycles. The normalized spacial score (nSPS) is 10.2. The maximum Gasteiger partial charge on any atom is 0.340 e. The molecule has 2 rings (SSSR count). The molecule has 3 N–H and O–H groups in total. The molecule has 0 radical (unpaired) electrons. The van der Waals surface area contributed by atoms with Crippen molar-refractivity contribution in [1.29, 1.82) is 0 Å². The molecular formula is C15H15FN2O2. The quantitative estimate of drug-likeness (QED) is 0.666. The van der Waals surface area contributed by atoms with Gasteiger partial charge < -0.3 is 15.8 Å². The van der Waals surface area contributed by atoms with E-state index in [4.69, 9.17) is 5.73 Å². The minimum Gasteiger partial charge on any atom is -0.465 e. The van der Waals surface area contributed by atoms with E-state index in [0.29, 0.717) is 22.6 Å². The van der Waals surface area contributed by atoms with Crippen molar-refractivity contribution in [3.05, 3.63) is 53.3 Å². The topological polar surface area (TPSA) is 64.3 Å². The van der Waals surface area contributed by atoms with Crippen molar-refractivity contribution in [2.75, 3.05) is 18.2 Å². The van der Waals surface area contributed by atoms with Gasteiger partial charge in [-0.3, -0.25) is 0 Å². The van der Waals surface area contributed by atoms with Gasteiger partial charge in [0.1, 0.15) is 5.82 Å². The largest absolute Gasteiger partial charge is 0.465 e. The molecule has 0 saturated heterocycles. The highest BCUT2D eigenvalue weighted by molar-refractivity contribution is 5.97. The Hall–Kier alpha value is -2.56. The van der Waals surface area contributed by atoms with Crippen molar-refractivity contribution in [3.8, 4) is 0 Å². The number of carbonyl (C=O) groups excluding carboxylic acids is 1. The number of rotatable bonds is 3. The highest BCUT2D eigenvalue weighted by Gasteiger charge is 2.14. The predicted molar refractivity (Wildman–Crippen MR) is 76.6 cm³/mol. The molecule has 0 fully saturated rings. The molecule has 0 aliphatic heterocycles. The maximum absolute atomic E-state index is 13.6. The monoisotopic (exact) mass is 274 g/mol. The van der Waals surface area contributed by atoms with Gasteiger partial charge in [0.15, 0.2) is 0 Å². The highest BCUT2D eigenvalue weighted by Crippen LogP contribution is 2.26. The zero-order chi connectivity index (χ0) is 14.7. The number of hydrogen-bond acceptors (Lipinski definition) is 4. The van der Waals surface area contributed by atoms with Crippen LogP contribution < -0.4 is 11.1 Å². The first-order valence-electron chi connectivity index (χ1n) is 6.03. The van der Waals surface area contributed by atoms with Crippen LogP contribution in [0.4, 0.5) is 21.5 Å². The first-order valence-corrected chi connectivity index (χ1v) is 6.03. The second kappa shape index (κ2) is 5.61. The fourth-order valence-electron chi connectivity index (χ4n) is 1.87. The van der Waals surface area contributed by atoms with Crippen LogP contribution in [0, 0.1) is 12.7 Å². The number of aryl methyl sites for hydroxylation is 1. The van der Waals surface area contributed by atoms with Gasteiger partial charge in [0.25, 0.3) is 0 Å². The van der Waals surface area contributed by atoms with Gasteiger partial charge in [-0.2, -0.15) is 0 Å². The number of nitrogen functional groups attached to an aromatic ring is 1. The molecule has 2 aromatic carbocycles. The summed E-state index contributed by atoms with van der Waals surface area (Å²) in [6, 6.07) is 9.58. The van der Waals surface area contributed by atoms with Crippen LogP contribution >= 0.6 is 0 Å². The van der Waals surface area contributed by atoms with Crippen LogP contribution in [0.5, 0.6) is 0 Å². The summed E-state index contributed by atoms with van der Waals surface area (Å²) in [5.74, 6) is -0.899. The SMILES string of the molecule is COC(=O)c1cc(Nc2ccccc2F)cc(C)c1N. The van der Waals surface area contributed by atoms with Crippen LogP contribution in [-0.4, -0.2) is 13.1 Å². The van der Waals surface area contributed by atoms with Gasteiger partial charge in [-0.05, 0) is 36.8 Å². The van der Waals surface area contributed by atoms with Crippen molar-refractivity contribution in [3.63, 3.8) is 0 Å². The summed E-state index contributed by atoms with van der Waals surface area (Å²) in [5.41, 5.74) is 8.07. The lowest BCUT2D eigenvalue weighted by atomic mass is 10.1. The van der Waals surface area contributed by atoms with E-state index in [0.717, 1.165) is 0 Å². The Morgan fingerprint density at radius 3 is 2.65 bits per heavy atom. The highest BCUT2D eigenvalue weighted by atomic mass is 19.1. The van der Waals surface area contributed by atoms with Gasteiger partial charge in [0, 0.05) is 11.4 Å². The van der Waals surface area contributed by atoms with E-state index >= 15 is 0 Å². The molecule has 4 nitrogen and oxygen atoms in total. The van der Waals surface area contributed by atoms with E-state index in [2.05, 4.69) is 10.1 Å². The molecule has 0 aliphatic rings. The van der Waals surface area contributed by atoms with Crippen molar-refractivity contribution in [2.45, 2.75) is 6.92 Å². The molecule has 0 aromatic heterocycles. The fraction of sp³-hybridized carbons (Fsp3) is 0.133. The number of hydrogen-bond donors (Lipinski definition) is 2. The number of para-hydroxylation sites is 1. The van der Waals surface area contributed by atoms with Gasteiger partial charge in [-0.15, -0.1) is 0 Å². The summed E-state index contributed by atoms with van der Waals surface area (Å²) in [4.78, 5) is 11.7. The molecule has 0 atom stereocenters. The summed E-state index contributed by atoms with van der Waals surface area (Å²) >= 11 is 0. The second-order valence-electron chi connectivity index (χ2n) is 4.35. The van der Waals surface area contributed by atoms with Crippen molar-refractivity contribution < 1.29 is 13.9 Å². The van der Waals surface area contributed by atoms with Gasteiger partial charge in [-0.1, -0.05) is 12.1 Å². The Bertz CT molecular complexity index is 656. The van der Waals surface area contributed by atoms with Crippen LogP contribution in [-0.2, 0) is 4.74 Å². The van der Waals surface area contributed by atoms with E-state index in [9.17, 15) is 9.18 Å². The first kappa shape index (κ1) is 13.9. The molecule has 0 saturated carbocycles. The number of methoxy groups -OCH3 is 1. The van der Waals surface area contributed by atoms with Crippen LogP contribution in [0.2, 0.25) is 0 Å². The number of carbonyl (C=O) groups is 1. The molecule has 2 aromatic rings. The lowest BCUT2D eigenvalue weighted by molar-refractivity contribution is 0.0602. The van der Waals surface area contributed by atoms with Gasteiger partial charge >= 0.3 is 5.97 Å². The number of nitrogens with one attached hydrogen (secondary N) is 1. The van der Waals surface area contributed by atoms with Crippen LogP contribution in [0.3, 0.4) is 0 Å². The minimum atomic E-state index is -0.525. The van der Waals surface area contributed by atoms with E-state index in [1.165, 1.54) is 13.2 Å². The zero-order valence-corrected chi connectivity index (χ0v) is 11.2. The Balaban J connectivity index is 2.41. The lowest BCUT2D eigenvalue weighted by Gasteiger charge is -2.12. The minimum absolute atomic E-state index is 0.256. The summed E-state index contributed by atoms with van der Waals surface area (Å²) in [6.45, 7) is 1.77. The summed E-state index contributed by atoms with van der Waals surface area (Å²) in [7, 11) is 1.29. The number of nitrogens with two attached hydrogens (primary N) is 1. The predicted octanol–water partition coefficient (Wildman–Crippen LogP) is 3.25. The molecule has 20 heavy (non-hydrogen) atoms. The van der Waals surface area contributed by atoms with Crippen LogP contribution in [0.25, 0.3) is 0 Å². The van der Waals surface area contributed by atoms with Crippen molar-refractivity contribution >= 4 is 23.0 Å². The van der Waals surface area contributed by atoms with Crippen LogP contribution in [0.15, 0.2) is 36.4 Å². The Kier molecular flexibility index (Phi) is 3.89. The number of halogens is 1. The molecule has 104 valence electrons. The number of ether oxygens (including phenoxy) is 1. The fourth-order valence-corrected chi connectivity index (χ4v) is 1.87. The van der Waals surface area contributed by atoms with Gasteiger partial charge in [0.05, 0.1) is 18.4 Å². The van der Waals surface area contributed by atoms with Gasteiger partial charge in [-0.25, -0.2) is 9.18 Å². The number of anilines is 3. The Labute approximate surface area is 116 Å². The zero-order valence-electron chi connectivity index (χ0n) is 11.2. The first-order chi connectivity index (χ1) is 9.52. The molecule has 0 unspecified atom stereocenters. The van der Waals surface area contributed by atoms with Gasteiger partial charge in [0.2, 0.25) is 0 Å². The summed E-state index contributed by atoms with van der Waals surface area (Å²) < 4.78 is 18.3. The molecular weight excluding hydrogens is 259 g/mol. The van der Waals surface area contributed by atoms with E-state index < -0.39 is 5.97 Å². The third-order valence-corrected chi connectivity index (χ3v) is 2.95. The summed E-state index contributed by atoms with van der Waals surface area (Å²) in [5, 5.41) is 2.92. The van der Waals surface area contributed by atoms with E-state index in [1.807, 2.05) is 0 Å². The second-order valence-corrected chi connectivity index (χ2v) is 4.35. The number of esters is 1. The average molecular weight is 274 g/mol. The Morgan fingerprint density at radius 2 is 2.00 bits per heavy atom. The average Bonchev–Trinajstić information content (AvgIpc) is 2.44. The molecule has 0 amide bonds.